The van der Waals surface area contributed by atoms with Crippen LogP contribution < -0.4 is 10.5 Å². The monoisotopic (exact) mass is 404 g/mol. The van der Waals surface area contributed by atoms with Crippen molar-refractivity contribution < 1.29 is 24.2 Å². The second-order valence-electron chi connectivity index (χ2n) is 6.11. The molecule has 2 rings (SSSR count). The number of aromatic carboxylic acids is 1. The third-order valence-electron chi connectivity index (χ3n) is 3.96. The number of halogens is 1. The molecule has 0 aliphatic heterocycles. The molecule has 0 heterocycles. The number of carboxylic acids is 1. The van der Waals surface area contributed by atoms with Crippen LogP contribution in [-0.2, 0) is 16.0 Å². The Morgan fingerprint density at radius 1 is 1.11 bits per heavy atom. The maximum atomic E-state index is 12.5. The highest BCUT2D eigenvalue weighted by Crippen LogP contribution is 2.23. The lowest BCUT2D eigenvalue weighted by Gasteiger charge is -2.21. The molecule has 0 atom stereocenters. The van der Waals surface area contributed by atoms with E-state index in [4.69, 9.17) is 22.1 Å². The van der Waals surface area contributed by atoms with E-state index in [1.54, 1.807) is 0 Å². The molecule has 2 aromatic rings. The number of ether oxygens (including phenoxy) is 1. The minimum absolute atomic E-state index is 0.0218. The molecule has 3 N–H and O–H groups in total. The first-order chi connectivity index (χ1) is 13.4. The molecule has 2 aromatic carbocycles. The minimum atomic E-state index is -1.22. The zero-order valence-corrected chi connectivity index (χ0v) is 15.9. The van der Waals surface area contributed by atoms with Gasteiger partial charge in [0.2, 0.25) is 5.91 Å². The van der Waals surface area contributed by atoms with Crippen LogP contribution in [0.25, 0.3) is 0 Å². The van der Waals surface area contributed by atoms with Gasteiger partial charge in [-0.1, -0.05) is 41.9 Å². The van der Waals surface area contributed by atoms with Gasteiger partial charge in [0.15, 0.2) is 6.61 Å². The van der Waals surface area contributed by atoms with Gasteiger partial charge in [-0.3, -0.25) is 9.59 Å². The molecule has 0 aliphatic carbocycles. The zero-order chi connectivity index (χ0) is 20.5. The summed E-state index contributed by atoms with van der Waals surface area (Å²) in [4.78, 5) is 36.3. The highest BCUT2D eigenvalue weighted by molar-refractivity contribution is 6.31. The van der Waals surface area contributed by atoms with Gasteiger partial charge in [0.1, 0.15) is 11.3 Å². The van der Waals surface area contributed by atoms with E-state index in [2.05, 4.69) is 0 Å². The number of carbonyl (C=O) groups is 3. The van der Waals surface area contributed by atoms with Crippen molar-refractivity contribution in [2.45, 2.75) is 12.8 Å². The predicted molar refractivity (Wildman–Crippen MR) is 104 cm³/mol. The molecule has 0 fully saturated rings. The minimum Gasteiger partial charge on any atom is -0.483 e. The molecular weight excluding hydrogens is 384 g/mol. The van der Waals surface area contributed by atoms with E-state index in [0.717, 1.165) is 12.0 Å². The summed E-state index contributed by atoms with van der Waals surface area (Å²) in [5.41, 5.74) is 6.21. The van der Waals surface area contributed by atoms with E-state index in [1.165, 1.54) is 23.1 Å². The van der Waals surface area contributed by atoms with Gasteiger partial charge in [-0.2, -0.15) is 0 Å². The number of benzene rings is 2. The number of carboxylic acid groups (broad SMARTS) is 1. The second kappa shape index (κ2) is 10.3. The number of nitrogens with zero attached hydrogens (tertiary/aromatic N) is 1. The van der Waals surface area contributed by atoms with Crippen molar-refractivity contribution in [1.29, 1.82) is 0 Å². The Morgan fingerprint density at radius 2 is 1.82 bits per heavy atom. The summed E-state index contributed by atoms with van der Waals surface area (Å²) < 4.78 is 5.36. The zero-order valence-electron chi connectivity index (χ0n) is 15.1. The Labute approximate surface area is 167 Å². The third-order valence-corrected chi connectivity index (χ3v) is 4.19. The molecule has 0 bridgehead atoms. The van der Waals surface area contributed by atoms with Crippen LogP contribution in [0.4, 0.5) is 0 Å². The number of carbonyl (C=O) groups excluding carboxylic acids is 2. The Kier molecular flexibility index (Phi) is 7.83. The standard InChI is InChI=1S/C20H21ClN2O5/c21-15-8-9-17(16(11-15)20(26)27)28-13-19(25)23(12-18(22)24)10-4-7-14-5-2-1-3-6-14/h1-3,5-6,8-9,11H,4,7,10,12-13H2,(H2,22,24)(H,26,27). The lowest BCUT2D eigenvalue weighted by molar-refractivity contribution is -0.137. The molecule has 0 saturated heterocycles. The molecule has 0 unspecified atom stereocenters. The van der Waals surface area contributed by atoms with Gasteiger partial charge < -0.3 is 20.5 Å². The first kappa shape index (κ1) is 21.2. The molecule has 7 nitrogen and oxygen atoms in total. The highest BCUT2D eigenvalue weighted by atomic mass is 35.5. The summed E-state index contributed by atoms with van der Waals surface area (Å²) in [5.74, 6) is -2.29. The summed E-state index contributed by atoms with van der Waals surface area (Å²) in [6.45, 7) is -0.323. The number of hydrogen-bond acceptors (Lipinski definition) is 4. The van der Waals surface area contributed by atoms with Gasteiger partial charge >= 0.3 is 5.97 Å². The quantitative estimate of drug-likeness (QED) is 0.631. The predicted octanol–water partition coefficient (Wildman–Crippen LogP) is 2.36. The fraction of sp³-hybridized carbons (Fsp3) is 0.250. The van der Waals surface area contributed by atoms with Crippen LogP contribution in [0.15, 0.2) is 48.5 Å². The number of hydrogen-bond donors (Lipinski definition) is 2. The molecule has 0 spiro atoms. The average molecular weight is 405 g/mol. The first-order valence-corrected chi connectivity index (χ1v) is 9.00. The molecular formula is C20H21ClN2O5. The van der Waals surface area contributed by atoms with Crippen molar-refractivity contribution in [2.24, 2.45) is 5.73 Å². The average Bonchev–Trinajstić information content (AvgIpc) is 2.66. The molecule has 28 heavy (non-hydrogen) atoms. The summed E-state index contributed by atoms with van der Waals surface area (Å²) in [5, 5.41) is 9.46. The Morgan fingerprint density at radius 3 is 2.46 bits per heavy atom. The normalized spacial score (nSPS) is 10.3. The molecule has 0 saturated carbocycles. The van der Waals surface area contributed by atoms with Crippen LogP contribution >= 0.6 is 11.6 Å². The van der Waals surface area contributed by atoms with Gasteiger partial charge in [0.25, 0.3) is 5.91 Å². The SMILES string of the molecule is NC(=O)CN(CCCc1ccccc1)C(=O)COc1ccc(Cl)cc1C(=O)O. The fourth-order valence-electron chi connectivity index (χ4n) is 2.62. The number of rotatable bonds is 10. The lowest BCUT2D eigenvalue weighted by Crippen LogP contribution is -2.41. The van der Waals surface area contributed by atoms with Crippen LogP contribution in [0, 0.1) is 0 Å². The smallest absolute Gasteiger partial charge is 0.339 e. The van der Waals surface area contributed by atoms with Crippen LogP contribution in [0.3, 0.4) is 0 Å². The van der Waals surface area contributed by atoms with Crippen LogP contribution in [-0.4, -0.2) is 47.5 Å². The van der Waals surface area contributed by atoms with E-state index in [1.807, 2.05) is 30.3 Å². The molecule has 0 aliphatic rings. The topological polar surface area (TPSA) is 110 Å². The van der Waals surface area contributed by atoms with Gasteiger partial charge in [-0.05, 0) is 36.6 Å². The van der Waals surface area contributed by atoms with E-state index >= 15 is 0 Å². The Hall–Kier alpha value is -3.06. The number of amides is 2. The fourth-order valence-corrected chi connectivity index (χ4v) is 2.80. The van der Waals surface area contributed by atoms with Gasteiger partial charge in [0.05, 0.1) is 6.54 Å². The first-order valence-electron chi connectivity index (χ1n) is 8.62. The Balaban J connectivity index is 1.97. The van der Waals surface area contributed by atoms with E-state index < -0.39 is 24.4 Å². The van der Waals surface area contributed by atoms with Crippen molar-refractivity contribution in [1.82, 2.24) is 4.90 Å². The summed E-state index contributed by atoms with van der Waals surface area (Å²) in [7, 11) is 0. The van der Waals surface area contributed by atoms with Crippen LogP contribution in [0.5, 0.6) is 5.75 Å². The highest BCUT2D eigenvalue weighted by Gasteiger charge is 2.18. The lowest BCUT2D eigenvalue weighted by atomic mass is 10.1. The maximum Gasteiger partial charge on any atom is 0.339 e. The maximum absolute atomic E-state index is 12.5. The van der Waals surface area contributed by atoms with Gasteiger partial charge in [-0.15, -0.1) is 0 Å². The molecule has 2 amide bonds. The summed E-state index contributed by atoms with van der Waals surface area (Å²) >= 11 is 5.79. The summed E-state index contributed by atoms with van der Waals surface area (Å²) in [6.07, 6.45) is 1.38. The largest absolute Gasteiger partial charge is 0.483 e. The van der Waals surface area contributed by atoms with Crippen molar-refractivity contribution in [3.63, 3.8) is 0 Å². The van der Waals surface area contributed by atoms with Crippen molar-refractivity contribution in [3.05, 3.63) is 64.7 Å². The molecule has 0 aromatic heterocycles. The number of primary amides is 1. The van der Waals surface area contributed by atoms with Gasteiger partial charge in [0, 0.05) is 11.6 Å². The second-order valence-corrected chi connectivity index (χ2v) is 6.54. The summed E-state index contributed by atoms with van der Waals surface area (Å²) in [6, 6.07) is 13.8. The number of nitrogens with two attached hydrogens (primary N) is 1. The van der Waals surface area contributed by atoms with Crippen molar-refractivity contribution >= 4 is 29.4 Å². The van der Waals surface area contributed by atoms with Gasteiger partial charge in [-0.25, -0.2) is 4.79 Å². The van der Waals surface area contributed by atoms with Crippen LogP contribution in [0.2, 0.25) is 5.02 Å². The molecule has 0 radical (unpaired) electrons. The third kappa shape index (κ3) is 6.59. The van der Waals surface area contributed by atoms with E-state index in [9.17, 15) is 19.5 Å². The van der Waals surface area contributed by atoms with Crippen molar-refractivity contribution in [3.8, 4) is 5.75 Å². The van der Waals surface area contributed by atoms with E-state index in [-0.39, 0.29) is 22.9 Å². The Bertz CT molecular complexity index is 842. The molecule has 148 valence electrons. The molecule has 8 heteroatoms. The van der Waals surface area contributed by atoms with Crippen molar-refractivity contribution in [2.75, 3.05) is 19.7 Å². The van der Waals surface area contributed by atoms with E-state index in [0.29, 0.717) is 13.0 Å². The number of aryl methyl sites for hydroxylation is 1. The van der Waals surface area contributed by atoms with Crippen LogP contribution in [0.1, 0.15) is 22.3 Å².